The molecule has 1 fully saturated rings. The van der Waals surface area contributed by atoms with Crippen LogP contribution in [0.2, 0.25) is 0 Å². The van der Waals surface area contributed by atoms with Crippen molar-refractivity contribution in [3.05, 3.63) is 0 Å². The van der Waals surface area contributed by atoms with E-state index in [1.54, 1.807) is 11.8 Å². The second-order valence-electron chi connectivity index (χ2n) is 6.31. The molecule has 0 aromatic rings. The summed E-state index contributed by atoms with van der Waals surface area (Å²) in [6, 6.07) is -0.146. The zero-order valence-electron chi connectivity index (χ0n) is 12.9. The first-order chi connectivity index (χ1) is 9.38. The maximum absolute atomic E-state index is 12.1. The summed E-state index contributed by atoms with van der Waals surface area (Å²) >= 11 is 0. The highest BCUT2D eigenvalue weighted by Gasteiger charge is 2.28. The monoisotopic (exact) mass is 284 g/mol. The molecule has 1 atom stereocenters. The van der Waals surface area contributed by atoms with Gasteiger partial charge in [-0.05, 0) is 25.2 Å². The van der Waals surface area contributed by atoms with E-state index in [1.807, 2.05) is 6.92 Å². The van der Waals surface area contributed by atoms with Crippen molar-refractivity contribution in [3.63, 3.8) is 0 Å². The van der Waals surface area contributed by atoms with Crippen molar-refractivity contribution < 1.29 is 14.7 Å². The fraction of sp³-hybridized carbons (Fsp3) is 0.867. The lowest BCUT2D eigenvalue weighted by Gasteiger charge is -2.34. The second-order valence-corrected chi connectivity index (χ2v) is 6.31. The van der Waals surface area contributed by atoms with Gasteiger partial charge in [0, 0.05) is 19.6 Å². The van der Waals surface area contributed by atoms with E-state index >= 15 is 0 Å². The Morgan fingerprint density at radius 2 is 1.90 bits per heavy atom. The summed E-state index contributed by atoms with van der Waals surface area (Å²) in [6.07, 6.45) is 6.08. The van der Waals surface area contributed by atoms with Crippen molar-refractivity contribution in [3.8, 4) is 0 Å². The third-order valence-corrected chi connectivity index (χ3v) is 4.31. The van der Waals surface area contributed by atoms with Crippen LogP contribution in [0.4, 0.5) is 4.79 Å². The topological polar surface area (TPSA) is 69.6 Å². The molecule has 1 rings (SSSR count). The molecule has 116 valence electrons. The van der Waals surface area contributed by atoms with Gasteiger partial charge in [-0.25, -0.2) is 4.79 Å². The van der Waals surface area contributed by atoms with Gasteiger partial charge in [0.15, 0.2) is 0 Å². The van der Waals surface area contributed by atoms with Crippen LogP contribution in [-0.4, -0.2) is 41.6 Å². The minimum Gasteiger partial charge on any atom is -0.481 e. The Morgan fingerprint density at radius 1 is 1.30 bits per heavy atom. The average molecular weight is 284 g/mol. The molecule has 1 saturated carbocycles. The van der Waals surface area contributed by atoms with Crippen LogP contribution in [0.15, 0.2) is 0 Å². The normalized spacial score (nSPS) is 19.1. The Bertz CT molecular complexity index is 338. The number of carbonyl (C=O) groups excluding carboxylic acids is 1. The number of carboxylic acids is 1. The van der Waals surface area contributed by atoms with Crippen molar-refractivity contribution in [2.24, 2.45) is 11.3 Å². The zero-order valence-corrected chi connectivity index (χ0v) is 12.9. The van der Waals surface area contributed by atoms with E-state index in [-0.39, 0.29) is 18.0 Å². The predicted octanol–water partition coefficient (Wildman–Crippen LogP) is 2.71. The second kappa shape index (κ2) is 7.50. The summed E-state index contributed by atoms with van der Waals surface area (Å²) in [6.45, 7) is 7.19. The Hall–Kier alpha value is -1.26. The van der Waals surface area contributed by atoms with Crippen molar-refractivity contribution in [1.29, 1.82) is 0 Å². The van der Waals surface area contributed by atoms with Gasteiger partial charge in [-0.1, -0.05) is 33.1 Å². The van der Waals surface area contributed by atoms with Crippen molar-refractivity contribution >= 4 is 12.0 Å². The van der Waals surface area contributed by atoms with E-state index in [0.29, 0.717) is 13.1 Å². The number of nitrogens with one attached hydrogen (secondary N) is 1. The molecule has 20 heavy (non-hydrogen) atoms. The highest BCUT2D eigenvalue weighted by molar-refractivity contribution is 5.76. The molecule has 0 bridgehead atoms. The van der Waals surface area contributed by atoms with E-state index in [9.17, 15) is 9.59 Å². The molecular weight excluding hydrogens is 256 g/mol. The zero-order chi connectivity index (χ0) is 15.2. The standard InChI is InChI=1S/C15H28N2O3/c1-4-17(10-12(2)13(18)19)14(20)16-11-15(3)8-6-5-7-9-15/h12H,4-11H2,1-3H3,(H,16,20)(H,18,19). The minimum atomic E-state index is -0.865. The fourth-order valence-corrected chi connectivity index (χ4v) is 2.75. The summed E-state index contributed by atoms with van der Waals surface area (Å²) < 4.78 is 0. The van der Waals surface area contributed by atoms with Gasteiger partial charge in [0.1, 0.15) is 0 Å². The first-order valence-corrected chi connectivity index (χ1v) is 7.63. The molecule has 0 aromatic carbocycles. The molecule has 0 saturated heterocycles. The van der Waals surface area contributed by atoms with Crippen LogP contribution in [0.1, 0.15) is 52.9 Å². The molecule has 5 heteroatoms. The third kappa shape index (κ3) is 5.02. The lowest BCUT2D eigenvalue weighted by molar-refractivity contribution is -0.141. The van der Waals surface area contributed by atoms with Gasteiger partial charge in [-0.3, -0.25) is 4.79 Å². The number of nitrogens with zero attached hydrogens (tertiary/aromatic N) is 1. The average Bonchev–Trinajstić information content (AvgIpc) is 2.42. The number of hydrogen-bond donors (Lipinski definition) is 2. The van der Waals surface area contributed by atoms with Crippen molar-refractivity contribution in [2.45, 2.75) is 52.9 Å². The van der Waals surface area contributed by atoms with Gasteiger partial charge in [0.05, 0.1) is 5.92 Å². The van der Waals surface area contributed by atoms with Gasteiger partial charge in [0.25, 0.3) is 0 Å². The van der Waals surface area contributed by atoms with Crippen LogP contribution in [-0.2, 0) is 4.79 Å². The summed E-state index contributed by atoms with van der Waals surface area (Å²) in [5.41, 5.74) is 0.200. The first-order valence-electron chi connectivity index (χ1n) is 7.63. The van der Waals surface area contributed by atoms with Crippen LogP contribution >= 0.6 is 0 Å². The van der Waals surface area contributed by atoms with Crippen LogP contribution in [0.5, 0.6) is 0 Å². The smallest absolute Gasteiger partial charge is 0.317 e. The minimum absolute atomic E-state index is 0.146. The van der Waals surface area contributed by atoms with E-state index in [1.165, 1.54) is 19.3 Å². The Morgan fingerprint density at radius 3 is 2.40 bits per heavy atom. The molecule has 1 unspecified atom stereocenters. The van der Waals surface area contributed by atoms with E-state index in [2.05, 4.69) is 12.2 Å². The van der Waals surface area contributed by atoms with Crippen LogP contribution in [0.25, 0.3) is 0 Å². The Kier molecular flexibility index (Phi) is 6.30. The molecule has 1 aliphatic carbocycles. The molecule has 0 radical (unpaired) electrons. The van der Waals surface area contributed by atoms with E-state index in [0.717, 1.165) is 12.8 Å². The van der Waals surface area contributed by atoms with Gasteiger partial charge in [0.2, 0.25) is 0 Å². The summed E-state index contributed by atoms with van der Waals surface area (Å²) in [7, 11) is 0. The number of amides is 2. The molecule has 2 amide bonds. The van der Waals surface area contributed by atoms with E-state index < -0.39 is 11.9 Å². The van der Waals surface area contributed by atoms with Crippen LogP contribution in [0, 0.1) is 11.3 Å². The quantitative estimate of drug-likeness (QED) is 0.788. The number of hydrogen-bond acceptors (Lipinski definition) is 2. The van der Waals surface area contributed by atoms with Gasteiger partial charge in [-0.15, -0.1) is 0 Å². The summed E-state index contributed by atoms with van der Waals surface area (Å²) in [4.78, 5) is 24.6. The van der Waals surface area contributed by atoms with Gasteiger partial charge < -0.3 is 15.3 Å². The third-order valence-electron chi connectivity index (χ3n) is 4.31. The predicted molar refractivity (Wildman–Crippen MR) is 78.6 cm³/mol. The van der Waals surface area contributed by atoms with Gasteiger partial charge in [-0.2, -0.15) is 0 Å². The number of carboxylic acid groups (broad SMARTS) is 1. The molecule has 0 aliphatic heterocycles. The lowest BCUT2D eigenvalue weighted by Crippen LogP contribution is -2.46. The molecule has 0 spiro atoms. The molecule has 5 nitrogen and oxygen atoms in total. The maximum Gasteiger partial charge on any atom is 0.317 e. The largest absolute Gasteiger partial charge is 0.481 e. The molecule has 0 aromatic heterocycles. The highest BCUT2D eigenvalue weighted by Crippen LogP contribution is 2.34. The molecule has 0 heterocycles. The number of carbonyl (C=O) groups is 2. The van der Waals surface area contributed by atoms with Gasteiger partial charge >= 0.3 is 12.0 Å². The maximum atomic E-state index is 12.1. The van der Waals surface area contributed by atoms with Crippen LogP contribution in [0.3, 0.4) is 0 Å². The first kappa shape index (κ1) is 16.8. The summed E-state index contributed by atoms with van der Waals surface area (Å²) in [5, 5.41) is 11.9. The van der Waals surface area contributed by atoms with Crippen LogP contribution < -0.4 is 5.32 Å². The SMILES string of the molecule is CCN(CC(C)C(=O)O)C(=O)NCC1(C)CCCCC1. The number of urea groups is 1. The van der Waals surface area contributed by atoms with Crippen molar-refractivity contribution in [1.82, 2.24) is 10.2 Å². The molecule has 2 N–H and O–H groups in total. The van der Waals surface area contributed by atoms with E-state index in [4.69, 9.17) is 5.11 Å². The molecular formula is C15H28N2O3. The fourth-order valence-electron chi connectivity index (χ4n) is 2.75. The number of aliphatic carboxylic acids is 1. The Labute approximate surface area is 121 Å². The highest BCUT2D eigenvalue weighted by atomic mass is 16.4. The molecule has 1 aliphatic rings. The number of rotatable bonds is 6. The Balaban J connectivity index is 2.44. The lowest BCUT2D eigenvalue weighted by atomic mass is 9.76. The summed E-state index contributed by atoms with van der Waals surface area (Å²) in [5.74, 6) is -1.40. The van der Waals surface area contributed by atoms with Crippen molar-refractivity contribution in [2.75, 3.05) is 19.6 Å².